The minimum Gasteiger partial charge on any atom is -0.453 e. The van der Waals surface area contributed by atoms with E-state index in [1.807, 2.05) is 79.7 Å². The first-order valence-electron chi connectivity index (χ1n) is 10.6. The van der Waals surface area contributed by atoms with Crippen LogP contribution in [0.2, 0.25) is 0 Å². The van der Waals surface area contributed by atoms with Gasteiger partial charge in [-0.05, 0) is 58.2 Å². The van der Waals surface area contributed by atoms with Crippen LogP contribution in [0.1, 0.15) is 34.5 Å². The lowest BCUT2D eigenvalue weighted by atomic mass is 9.94. The van der Waals surface area contributed by atoms with Crippen molar-refractivity contribution in [3.63, 3.8) is 0 Å². The Morgan fingerprint density at radius 3 is 1.91 bits per heavy atom. The first-order chi connectivity index (χ1) is 15.9. The predicted octanol–water partition coefficient (Wildman–Crippen LogP) is 5.90. The van der Waals surface area contributed by atoms with Crippen LogP contribution in [-0.4, -0.2) is 8.42 Å². The van der Waals surface area contributed by atoms with Crippen molar-refractivity contribution in [1.82, 2.24) is 10.0 Å². The quantitative estimate of drug-likeness (QED) is 0.286. The number of halogens is 1. The van der Waals surface area contributed by atoms with Crippen LogP contribution in [0.15, 0.2) is 111 Å². The summed E-state index contributed by atoms with van der Waals surface area (Å²) in [5.41, 5.74) is 2.82. The summed E-state index contributed by atoms with van der Waals surface area (Å²) in [5.74, 6) is 0.746. The summed E-state index contributed by atoms with van der Waals surface area (Å²) in [4.78, 5) is 0.232. The number of hydrogen-bond acceptors (Lipinski definition) is 4. The van der Waals surface area contributed by atoms with Gasteiger partial charge in [-0.15, -0.1) is 0 Å². The average Bonchev–Trinajstić information content (AvgIpc) is 3.25. The van der Waals surface area contributed by atoms with Gasteiger partial charge in [0, 0.05) is 0 Å². The van der Waals surface area contributed by atoms with Crippen molar-refractivity contribution in [1.29, 1.82) is 0 Å². The molecule has 0 aliphatic heterocycles. The van der Waals surface area contributed by atoms with Gasteiger partial charge >= 0.3 is 0 Å². The number of nitrogens with one attached hydrogen (secondary N) is 2. The summed E-state index contributed by atoms with van der Waals surface area (Å²) in [6, 6.07) is 29.1. The van der Waals surface area contributed by atoms with Crippen molar-refractivity contribution in [2.24, 2.45) is 0 Å². The van der Waals surface area contributed by atoms with Gasteiger partial charge in [-0.2, -0.15) is 0 Å². The third-order valence-corrected chi connectivity index (χ3v) is 7.27. The maximum absolute atomic E-state index is 13.4. The van der Waals surface area contributed by atoms with E-state index in [1.165, 1.54) is 0 Å². The molecule has 170 valence electrons. The van der Waals surface area contributed by atoms with E-state index in [0.717, 1.165) is 22.5 Å². The lowest BCUT2D eigenvalue weighted by Gasteiger charge is -2.29. The van der Waals surface area contributed by atoms with E-state index in [4.69, 9.17) is 4.42 Å². The molecule has 0 unspecified atom stereocenters. The molecule has 2 N–H and O–H groups in total. The summed E-state index contributed by atoms with van der Waals surface area (Å²) in [6.45, 7) is 2.36. The topological polar surface area (TPSA) is 71.3 Å². The van der Waals surface area contributed by atoms with E-state index in [2.05, 4.69) is 26.0 Å². The van der Waals surface area contributed by atoms with Crippen molar-refractivity contribution < 1.29 is 12.8 Å². The molecule has 7 heteroatoms. The van der Waals surface area contributed by atoms with E-state index in [9.17, 15) is 8.42 Å². The van der Waals surface area contributed by atoms with Crippen LogP contribution in [-0.2, 0) is 16.6 Å². The van der Waals surface area contributed by atoms with E-state index < -0.39 is 16.1 Å². The van der Waals surface area contributed by atoms with Gasteiger partial charge in [-0.25, -0.2) is 13.1 Å². The highest BCUT2D eigenvalue weighted by atomic mass is 79.9. The van der Waals surface area contributed by atoms with Gasteiger partial charge in [0.05, 0.1) is 23.5 Å². The molecule has 0 aliphatic carbocycles. The Kier molecular flexibility index (Phi) is 7.45. The second kappa shape index (κ2) is 10.5. The van der Waals surface area contributed by atoms with Crippen LogP contribution >= 0.6 is 15.9 Å². The van der Waals surface area contributed by atoms with Gasteiger partial charge in [-0.1, -0.05) is 78.4 Å². The Balaban J connectivity index is 1.72. The Morgan fingerprint density at radius 1 is 0.788 bits per heavy atom. The van der Waals surface area contributed by atoms with Gasteiger partial charge < -0.3 is 9.73 Å². The van der Waals surface area contributed by atoms with Crippen molar-refractivity contribution >= 4 is 26.0 Å². The number of sulfonamides is 1. The zero-order chi connectivity index (χ0) is 23.3. The molecule has 1 heterocycles. The Bertz CT molecular complexity index is 1270. The van der Waals surface area contributed by atoms with Crippen molar-refractivity contribution in [2.75, 3.05) is 0 Å². The average molecular weight is 525 g/mol. The number of rotatable bonds is 9. The number of furan rings is 1. The van der Waals surface area contributed by atoms with Crippen LogP contribution in [0.4, 0.5) is 0 Å². The smallest absolute Gasteiger partial charge is 0.241 e. The molecule has 0 spiro atoms. The molecule has 3 aromatic carbocycles. The van der Waals surface area contributed by atoms with Gasteiger partial charge in [0.25, 0.3) is 0 Å². The Morgan fingerprint density at radius 2 is 1.36 bits per heavy atom. The van der Waals surface area contributed by atoms with E-state index in [-0.39, 0.29) is 10.9 Å². The molecule has 5 nitrogen and oxygen atoms in total. The number of aryl methyl sites for hydroxylation is 1. The molecule has 4 aromatic rings. The molecular formula is C26H25BrN2O3S. The van der Waals surface area contributed by atoms with E-state index in [0.29, 0.717) is 11.2 Å². The summed E-state index contributed by atoms with van der Waals surface area (Å²) < 4.78 is 36.0. The minimum atomic E-state index is -3.78. The molecule has 0 saturated heterocycles. The molecule has 0 bridgehead atoms. The molecule has 1 aromatic heterocycles. The van der Waals surface area contributed by atoms with Crippen molar-refractivity contribution in [3.05, 3.63) is 124 Å². The van der Waals surface area contributed by atoms with Gasteiger partial charge in [0.15, 0.2) is 4.67 Å². The molecule has 0 radical (unpaired) electrons. The zero-order valence-electron chi connectivity index (χ0n) is 18.1. The molecule has 0 amide bonds. The second-order valence-electron chi connectivity index (χ2n) is 7.80. The lowest BCUT2D eigenvalue weighted by molar-refractivity contribution is 0.389. The van der Waals surface area contributed by atoms with Gasteiger partial charge in [-0.3, -0.25) is 0 Å². The molecule has 4 rings (SSSR count). The molecule has 0 saturated carbocycles. The summed E-state index contributed by atoms with van der Waals surface area (Å²) in [7, 11) is -3.78. The molecule has 0 aliphatic rings. The third-order valence-electron chi connectivity index (χ3n) is 5.39. The second-order valence-corrected chi connectivity index (χ2v) is 10.3. The van der Waals surface area contributed by atoms with Crippen LogP contribution in [0.5, 0.6) is 0 Å². The highest BCUT2D eigenvalue weighted by Gasteiger charge is 2.29. The summed E-state index contributed by atoms with van der Waals surface area (Å²) in [6.07, 6.45) is 0. The fourth-order valence-electron chi connectivity index (χ4n) is 3.69. The van der Waals surface area contributed by atoms with Gasteiger partial charge in [0.1, 0.15) is 5.76 Å². The highest BCUT2D eigenvalue weighted by Crippen LogP contribution is 2.31. The monoisotopic (exact) mass is 524 g/mol. The number of benzene rings is 3. The standard InChI is InChI=1S/C26H25BrN2O3S/c1-19-12-15-23(16-13-19)33(30,31)29-26(21-10-6-3-7-11-21)25(20-8-4-2-5-9-20)28-18-22-14-17-24(27)32-22/h2-17,25-26,28-29H,18H2,1H3/t25-,26-/m1/s1. The molecule has 0 fully saturated rings. The fourth-order valence-corrected chi connectivity index (χ4v) is 5.26. The first-order valence-corrected chi connectivity index (χ1v) is 12.9. The summed E-state index contributed by atoms with van der Waals surface area (Å²) >= 11 is 3.33. The van der Waals surface area contributed by atoms with Crippen molar-refractivity contribution in [3.8, 4) is 0 Å². The maximum Gasteiger partial charge on any atom is 0.241 e. The maximum atomic E-state index is 13.4. The molecular weight excluding hydrogens is 500 g/mol. The predicted molar refractivity (Wildman–Crippen MR) is 133 cm³/mol. The molecule has 2 atom stereocenters. The minimum absolute atomic E-state index is 0.232. The SMILES string of the molecule is Cc1ccc(S(=O)(=O)N[C@H](c2ccccc2)[C@H](NCc2ccc(Br)o2)c2ccccc2)cc1. The fraction of sp³-hybridized carbons (Fsp3) is 0.154. The largest absolute Gasteiger partial charge is 0.453 e. The first kappa shape index (κ1) is 23.4. The van der Waals surface area contributed by atoms with E-state index >= 15 is 0 Å². The normalized spacial score (nSPS) is 13.5. The van der Waals surface area contributed by atoms with Crippen LogP contribution in [0.3, 0.4) is 0 Å². The van der Waals surface area contributed by atoms with E-state index in [1.54, 1.807) is 24.3 Å². The van der Waals surface area contributed by atoms with Crippen molar-refractivity contribution in [2.45, 2.75) is 30.4 Å². The Labute approximate surface area is 203 Å². The number of hydrogen-bond donors (Lipinski definition) is 2. The summed E-state index contributed by atoms with van der Waals surface area (Å²) in [5, 5.41) is 3.51. The highest BCUT2D eigenvalue weighted by molar-refractivity contribution is 9.10. The van der Waals surface area contributed by atoms with Crippen LogP contribution in [0.25, 0.3) is 0 Å². The lowest BCUT2D eigenvalue weighted by Crippen LogP contribution is -2.38. The Hall–Kier alpha value is -2.71. The van der Waals surface area contributed by atoms with Crippen LogP contribution < -0.4 is 10.0 Å². The zero-order valence-corrected chi connectivity index (χ0v) is 20.5. The third kappa shape index (κ3) is 6.00. The van der Waals surface area contributed by atoms with Gasteiger partial charge in [0.2, 0.25) is 10.0 Å². The van der Waals surface area contributed by atoms with Crippen LogP contribution in [0, 0.1) is 6.92 Å². The molecule has 33 heavy (non-hydrogen) atoms.